The second-order valence-electron chi connectivity index (χ2n) is 4.53. The van der Waals surface area contributed by atoms with Gasteiger partial charge in [-0.05, 0) is 11.6 Å². The van der Waals surface area contributed by atoms with Crippen molar-refractivity contribution in [2.24, 2.45) is 0 Å². The molecule has 0 radical (unpaired) electrons. The quantitative estimate of drug-likeness (QED) is 0.462. The third-order valence-electron chi connectivity index (χ3n) is 3.17. The summed E-state index contributed by atoms with van der Waals surface area (Å²) in [6.07, 6.45) is 0. The number of thiazole rings is 1. The van der Waals surface area contributed by atoms with Gasteiger partial charge in [-0.3, -0.25) is 0 Å². The molecule has 0 fully saturated rings. The number of hydrogen-bond acceptors (Lipinski definition) is 3. The van der Waals surface area contributed by atoms with E-state index in [4.69, 9.17) is 4.98 Å². The maximum Gasteiger partial charge on any atom is 0.125 e. The van der Waals surface area contributed by atoms with Crippen molar-refractivity contribution < 1.29 is 0 Å². The molecule has 96 valence electrons. The molecule has 20 heavy (non-hydrogen) atoms. The van der Waals surface area contributed by atoms with Gasteiger partial charge in [0.2, 0.25) is 0 Å². The van der Waals surface area contributed by atoms with E-state index in [9.17, 15) is 0 Å². The summed E-state index contributed by atoms with van der Waals surface area (Å²) in [5, 5.41) is 1.10. The molecule has 2 heterocycles. The van der Waals surface area contributed by atoms with Gasteiger partial charge in [0, 0.05) is 10.4 Å². The summed E-state index contributed by atoms with van der Waals surface area (Å²) in [6.45, 7) is 0. The summed E-state index contributed by atoms with van der Waals surface area (Å²) in [4.78, 5) is 6.05. The Morgan fingerprint density at radius 1 is 0.700 bits per heavy atom. The Balaban J connectivity index is 1.78. The Morgan fingerprint density at radius 3 is 2.00 bits per heavy atom. The number of rotatable bonds is 2. The van der Waals surface area contributed by atoms with Gasteiger partial charge in [0.25, 0.3) is 0 Å². The molecule has 0 aliphatic heterocycles. The molecular weight excluding hydrogens is 282 g/mol. The first-order valence-corrected chi connectivity index (χ1v) is 8.05. The van der Waals surface area contributed by atoms with Crippen LogP contribution in [0.1, 0.15) is 0 Å². The van der Waals surface area contributed by atoms with Crippen molar-refractivity contribution in [1.82, 2.24) is 4.98 Å². The van der Waals surface area contributed by atoms with Crippen molar-refractivity contribution in [2.75, 3.05) is 0 Å². The van der Waals surface area contributed by atoms with Gasteiger partial charge in [0.15, 0.2) is 0 Å². The number of thiophene rings is 1. The smallest absolute Gasteiger partial charge is 0.125 e. The van der Waals surface area contributed by atoms with Gasteiger partial charge in [0.1, 0.15) is 9.02 Å². The summed E-state index contributed by atoms with van der Waals surface area (Å²) in [5.74, 6) is 0. The molecule has 3 heteroatoms. The summed E-state index contributed by atoms with van der Waals surface area (Å²) >= 11 is 3.60. The van der Waals surface area contributed by atoms with Crippen LogP contribution in [-0.2, 0) is 0 Å². The SMILES string of the molecule is c1ccc(-c2cc3nc(-c4ccccc4)sc3s2)cc1. The van der Waals surface area contributed by atoms with Gasteiger partial charge in [-0.2, -0.15) is 0 Å². The van der Waals surface area contributed by atoms with E-state index in [2.05, 4.69) is 54.6 Å². The maximum absolute atomic E-state index is 4.76. The normalized spacial score (nSPS) is 11.0. The van der Waals surface area contributed by atoms with E-state index in [1.165, 1.54) is 20.0 Å². The largest absolute Gasteiger partial charge is 0.235 e. The molecule has 2 aromatic carbocycles. The van der Waals surface area contributed by atoms with Crippen LogP contribution in [0.25, 0.3) is 30.5 Å². The molecule has 0 amide bonds. The Kier molecular flexibility index (Phi) is 2.87. The minimum Gasteiger partial charge on any atom is -0.235 e. The molecule has 0 saturated heterocycles. The summed E-state index contributed by atoms with van der Waals surface area (Å²) in [5.41, 5.74) is 3.57. The number of benzene rings is 2. The van der Waals surface area contributed by atoms with Gasteiger partial charge in [-0.1, -0.05) is 60.7 Å². The molecular formula is C17H11NS2. The van der Waals surface area contributed by atoms with Gasteiger partial charge >= 0.3 is 0 Å². The Hall–Kier alpha value is -1.97. The van der Waals surface area contributed by atoms with E-state index in [0.717, 1.165) is 10.5 Å². The van der Waals surface area contributed by atoms with Gasteiger partial charge in [-0.25, -0.2) is 4.98 Å². The standard InChI is InChI=1S/C17H11NS2/c1-3-7-12(8-4-1)15-11-14-17(19-15)20-16(18-14)13-9-5-2-6-10-13/h1-11H. The summed E-state index contributed by atoms with van der Waals surface area (Å²) < 4.78 is 1.29. The zero-order valence-electron chi connectivity index (χ0n) is 10.6. The van der Waals surface area contributed by atoms with Gasteiger partial charge < -0.3 is 0 Å². The van der Waals surface area contributed by atoms with E-state index < -0.39 is 0 Å². The lowest BCUT2D eigenvalue weighted by atomic mass is 10.2. The Bertz CT molecular complexity index is 744. The van der Waals surface area contributed by atoms with E-state index in [-0.39, 0.29) is 0 Å². The van der Waals surface area contributed by atoms with Gasteiger partial charge in [0.05, 0.1) is 5.52 Å². The minimum atomic E-state index is 1.10. The van der Waals surface area contributed by atoms with Crippen LogP contribution in [0.2, 0.25) is 0 Å². The molecule has 0 saturated carbocycles. The van der Waals surface area contributed by atoms with E-state index in [1.54, 1.807) is 11.3 Å². The zero-order valence-corrected chi connectivity index (χ0v) is 12.2. The van der Waals surface area contributed by atoms with E-state index >= 15 is 0 Å². The number of aromatic nitrogens is 1. The molecule has 0 spiro atoms. The van der Waals surface area contributed by atoms with Crippen LogP contribution in [0.4, 0.5) is 0 Å². The van der Waals surface area contributed by atoms with Crippen molar-refractivity contribution in [1.29, 1.82) is 0 Å². The highest BCUT2D eigenvalue weighted by atomic mass is 32.2. The predicted molar refractivity (Wildman–Crippen MR) is 88.4 cm³/mol. The lowest BCUT2D eigenvalue weighted by Gasteiger charge is -1.95. The molecule has 1 nitrogen and oxygen atoms in total. The summed E-state index contributed by atoms with van der Waals surface area (Å²) in [6, 6.07) is 23.1. The second-order valence-corrected chi connectivity index (χ2v) is 6.84. The van der Waals surface area contributed by atoms with E-state index in [0.29, 0.717) is 0 Å². The van der Waals surface area contributed by atoms with Crippen LogP contribution in [-0.4, -0.2) is 4.98 Å². The molecule has 0 unspecified atom stereocenters. The monoisotopic (exact) mass is 293 g/mol. The average molecular weight is 293 g/mol. The molecule has 0 bridgehead atoms. The van der Waals surface area contributed by atoms with Crippen LogP contribution in [0, 0.1) is 0 Å². The predicted octanol–water partition coefficient (Wildman–Crippen LogP) is 5.69. The molecule has 0 N–H and O–H groups in total. The van der Waals surface area contributed by atoms with Crippen LogP contribution in [0.15, 0.2) is 66.7 Å². The molecule has 0 aliphatic rings. The fourth-order valence-electron chi connectivity index (χ4n) is 2.18. The third kappa shape index (κ3) is 2.05. The van der Waals surface area contributed by atoms with Crippen LogP contribution in [0.3, 0.4) is 0 Å². The highest BCUT2D eigenvalue weighted by Gasteiger charge is 2.10. The summed E-state index contributed by atoms with van der Waals surface area (Å²) in [7, 11) is 0. The first-order valence-electron chi connectivity index (χ1n) is 6.41. The first kappa shape index (κ1) is 11.8. The van der Waals surface area contributed by atoms with Crippen molar-refractivity contribution in [3.8, 4) is 21.0 Å². The van der Waals surface area contributed by atoms with Crippen molar-refractivity contribution in [3.05, 3.63) is 66.7 Å². The van der Waals surface area contributed by atoms with Crippen molar-refractivity contribution >= 4 is 32.2 Å². The van der Waals surface area contributed by atoms with E-state index in [1.807, 2.05) is 23.5 Å². The fraction of sp³-hybridized carbons (Fsp3) is 0. The molecule has 0 atom stereocenters. The second kappa shape index (κ2) is 4.85. The number of hydrogen-bond donors (Lipinski definition) is 0. The topological polar surface area (TPSA) is 12.9 Å². The molecule has 4 rings (SSSR count). The molecule has 2 aromatic heterocycles. The molecule has 0 aliphatic carbocycles. The van der Waals surface area contributed by atoms with Crippen LogP contribution < -0.4 is 0 Å². The highest BCUT2D eigenvalue weighted by Crippen LogP contribution is 2.39. The maximum atomic E-state index is 4.76. The Labute approximate surface area is 125 Å². The van der Waals surface area contributed by atoms with Crippen LogP contribution in [0.5, 0.6) is 0 Å². The van der Waals surface area contributed by atoms with Crippen molar-refractivity contribution in [3.63, 3.8) is 0 Å². The first-order chi connectivity index (χ1) is 9.90. The third-order valence-corrected chi connectivity index (χ3v) is 5.55. The zero-order chi connectivity index (χ0) is 13.4. The average Bonchev–Trinajstić information content (AvgIpc) is 3.08. The van der Waals surface area contributed by atoms with Crippen LogP contribution >= 0.6 is 22.7 Å². The lowest BCUT2D eigenvalue weighted by Crippen LogP contribution is -1.73. The molecule has 4 aromatic rings. The van der Waals surface area contributed by atoms with Crippen molar-refractivity contribution in [2.45, 2.75) is 0 Å². The Morgan fingerprint density at radius 2 is 1.35 bits per heavy atom. The fourth-order valence-corrected chi connectivity index (χ4v) is 4.47. The highest BCUT2D eigenvalue weighted by molar-refractivity contribution is 7.40. The van der Waals surface area contributed by atoms with Gasteiger partial charge in [-0.15, -0.1) is 22.7 Å². The number of fused-ring (bicyclic) bond motifs is 1. The number of nitrogens with zero attached hydrogens (tertiary/aromatic N) is 1. The minimum absolute atomic E-state index is 1.10. The lowest BCUT2D eigenvalue weighted by molar-refractivity contribution is 1.48.